The third kappa shape index (κ3) is 3.33. The summed E-state index contributed by atoms with van der Waals surface area (Å²) in [4.78, 5) is 11.1. The molecule has 5 heteroatoms. The minimum absolute atomic E-state index is 0.353. The highest BCUT2D eigenvalue weighted by Gasteiger charge is 2.33. The van der Waals surface area contributed by atoms with Crippen LogP contribution in [0.2, 0.25) is 0 Å². The number of nitrogens with one attached hydrogen (secondary N) is 1. The van der Waals surface area contributed by atoms with Crippen molar-refractivity contribution in [3.05, 3.63) is 53.5 Å². The second-order valence-corrected chi connectivity index (χ2v) is 6.10. The van der Waals surface area contributed by atoms with Gasteiger partial charge in [0.25, 0.3) is 0 Å². The number of nitriles is 1. The molecule has 1 aliphatic heterocycles. The number of nitrogens with zero attached hydrogens (tertiary/aromatic N) is 4. The van der Waals surface area contributed by atoms with E-state index in [1.54, 1.807) is 0 Å². The maximum Gasteiger partial charge on any atom is 0.144 e. The van der Waals surface area contributed by atoms with E-state index in [-0.39, 0.29) is 0 Å². The van der Waals surface area contributed by atoms with Gasteiger partial charge in [-0.3, -0.25) is 9.88 Å². The molecule has 1 aliphatic rings. The second-order valence-electron chi connectivity index (χ2n) is 6.10. The lowest BCUT2D eigenvalue weighted by molar-refractivity contribution is 0.281. The summed E-state index contributed by atoms with van der Waals surface area (Å²) < 4.78 is 0. The molecule has 2 atom stereocenters. The van der Waals surface area contributed by atoms with Gasteiger partial charge < -0.3 is 5.32 Å². The number of aromatic nitrogens is 2. The molecule has 1 saturated heterocycles. The largest absolute Gasteiger partial charge is 0.369 e. The summed E-state index contributed by atoms with van der Waals surface area (Å²) in [6, 6.07) is 10.4. The van der Waals surface area contributed by atoms with Crippen molar-refractivity contribution in [2.75, 3.05) is 25.5 Å². The van der Waals surface area contributed by atoms with Crippen LogP contribution < -0.4 is 5.32 Å². The Morgan fingerprint density at radius 2 is 2.26 bits per heavy atom. The molecule has 0 bridgehead atoms. The molecule has 1 fully saturated rings. The van der Waals surface area contributed by atoms with Crippen molar-refractivity contribution in [2.24, 2.45) is 5.92 Å². The van der Waals surface area contributed by atoms with Crippen LogP contribution in [0.3, 0.4) is 0 Å². The van der Waals surface area contributed by atoms with Gasteiger partial charge in [-0.15, -0.1) is 0 Å². The van der Waals surface area contributed by atoms with Gasteiger partial charge in [0, 0.05) is 30.7 Å². The van der Waals surface area contributed by atoms with Crippen molar-refractivity contribution < 1.29 is 0 Å². The normalized spacial score (nSPS) is 21.1. The van der Waals surface area contributed by atoms with E-state index in [1.165, 1.54) is 5.56 Å². The lowest BCUT2D eigenvalue weighted by Crippen LogP contribution is -2.25. The minimum Gasteiger partial charge on any atom is -0.369 e. The standard InChI is InChI=1S/C18H21N5/c1-13-5-6-14(10-19)18(22-13)21-12-16-7-9-23(2)17(16)15-4-3-8-20-11-15/h3-6,8,11,16-17H,7,9,12H2,1-2H3,(H,21,22)/t16-,17-/m0/s1. The number of hydrogen-bond acceptors (Lipinski definition) is 5. The SMILES string of the molecule is Cc1ccc(C#N)c(NC[C@@H]2CCN(C)[C@H]2c2cccnc2)n1. The van der Waals surface area contributed by atoms with Crippen LogP contribution in [-0.4, -0.2) is 35.0 Å². The summed E-state index contributed by atoms with van der Waals surface area (Å²) in [5, 5.41) is 12.6. The Hall–Kier alpha value is -2.45. The molecule has 1 N–H and O–H groups in total. The van der Waals surface area contributed by atoms with Crippen molar-refractivity contribution in [1.82, 2.24) is 14.9 Å². The summed E-state index contributed by atoms with van der Waals surface area (Å²) in [5.74, 6) is 1.16. The predicted octanol–water partition coefficient (Wildman–Crippen LogP) is 2.76. The van der Waals surface area contributed by atoms with E-state index in [2.05, 4.69) is 39.4 Å². The van der Waals surface area contributed by atoms with Gasteiger partial charge in [-0.1, -0.05) is 6.07 Å². The van der Waals surface area contributed by atoms with Crippen LogP contribution in [0.15, 0.2) is 36.7 Å². The van der Waals surface area contributed by atoms with Crippen molar-refractivity contribution >= 4 is 5.82 Å². The molecule has 0 unspecified atom stereocenters. The van der Waals surface area contributed by atoms with Gasteiger partial charge in [0.15, 0.2) is 0 Å². The molecule has 0 amide bonds. The summed E-state index contributed by atoms with van der Waals surface area (Å²) in [6.45, 7) is 3.81. The lowest BCUT2D eigenvalue weighted by atomic mass is 9.94. The Labute approximate surface area is 137 Å². The predicted molar refractivity (Wildman–Crippen MR) is 89.9 cm³/mol. The summed E-state index contributed by atoms with van der Waals surface area (Å²) in [7, 11) is 2.16. The van der Waals surface area contributed by atoms with Crippen LogP contribution in [0.25, 0.3) is 0 Å². The van der Waals surface area contributed by atoms with Crippen LogP contribution in [0.4, 0.5) is 5.82 Å². The molecule has 0 aliphatic carbocycles. The fourth-order valence-electron chi connectivity index (χ4n) is 3.33. The second kappa shape index (κ2) is 6.76. The molecule has 0 spiro atoms. The van der Waals surface area contributed by atoms with E-state index in [0.29, 0.717) is 23.3 Å². The first-order valence-corrected chi connectivity index (χ1v) is 7.91. The van der Waals surface area contributed by atoms with Crippen LogP contribution in [0.1, 0.15) is 29.3 Å². The topological polar surface area (TPSA) is 64.8 Å². The Balaban J connectivity index is 1.75. The Bertz CT molecular complexity index is 707. The van der Waals surface area contributed by atoms with Gasteiger partial charge in [-0.05, 0) is 56.6 Å². The molecule has 23 heavy (non-hydrogen) atoms. The molecule has 2 aromatic rings. The smallest absolute Gasteiger partial charge is 0.144 e. The maximum absolute atomic E-state index is 9.23. The Kier molecular flexibility index (Phi) is 4.54. The zero-order chi connectivity index (χ0) is 16.2. The molecular formula is C18H21N5. The zero-order valence-corrected chi connectivity index (χ0v) is 13.5. The van der Waals surface area contributed by atoms with E-state index in [9.17, 15) is 5.26 Å². The number of pyridine rings is 2. The zero-order valence-electron chi connectivity index (χ0n) is 13.5. The average molecular weight is 307 g/mol. The maximum atomic E-state index is 9.23. The van der Waals surface area contributed by atoms with Crippen molar-refractivity contribution in [1.29, 1.82) is 5.26 Å². The summed E-state index contributed by atoms with van der Waals surface area (Å²) in [5.41, 5.74) is 2.76. The van der Waals surface area contributed by atoms with Crippen LogP contribution in [0.5, 0.6) is 0 Å². The van der Waals surface area contributed by atoms with Crippen molar-refractivity contribution in [2.45, 2.75) is 19.4 Å². The number of aryl methyl sites for hydroxylation is 1. The van der Waals surface area contributed by atoms with Gasteiger partial charge in [0.1, 0.15) is 11.9 Å². The third-order valence-corrected chi connectivity index (χ3v) is 4.49. The third-order valence-electron chi connectivity index (χ3n) is 4.49. The Morgan fingerprint density at radius 1 is 1.39 bits per heavy atom. The van der Waals surface area contributed by atoms with Gasteiger partial charge in [-0.2, -0.15) is 5.26 Å². The number of anilines is 1. The van der Waals surface area contributed by atoms with E-state index >= 15 is 0 Å². The monoisotopic (exact) mass is 307 g/mol. The number of hydrogen-bond donors (Lipinski definition) is 1. The first kappa shape index (κ1) is 15.4. The fourth-order valence-corrected chi connectivity index (χ4v) is 3.33. The highest BCUT2D eigenvalue weighted by molar-refractivity contribution is 5.52. The van der Waals surface area contributed by atoms with Crippen LogP contribution >= 0.6 is 0 Å². The first-order valence-electron chi connectivity index (χ1n) is 7.91. The van der Waals surface area contributed by atoms with E-state index < -0.39 is 0 Å². The molecule has 3 rings (SSSR count). The molecule has 5 nitrogen and oxygen atoms in total. The highest BCUT2D eigenvalue weighted by Crippen LogP contribution is 2.35. The van der Waals surface area contributed by atoms with E-state index in [1.807, 2.05) is 37.5 Å². The van der Waals surface area contributed by atoms with E-state index in [4.69, 9.17) is 0 Å². The Morgan fingerprint density at radius 3 is 3.00 bits per heavy atom. The molecule has 3 heterocycles. The summed E-state index contributed by atoms with van der Waals surface area (Å²) in [6.07, 6.45) is 4.88. The average Bonchev–Trinajstić information content (AvgIpc) is 2.94. The molecule has 2 aromatic heterocycles. The van der Waals surface area contributed by atoms with Gasteiger partial charge >= 0.3 is 0 Å². The first-order chi connectivity index (χ1) is 11.2. The fraction of sp³-hybridized carbons (Fsp3) is 0.389. The van der Waals surface area contributed by atoms with Gasteiger partial charge in [-0.25, -0.2) is 4.98 Å². The van der Waals surface area contributed by atoms with Crippen molar-refractivity contribution in [3.63, 3.8) is 0 Å². The molecule has 0 radical (unpaired) electrons. The van der Waals surface area contributed by atoms with Gasteiger partial charge in [0.05, 0.1) is 5.56 Å². The molecule has 0 saturated carbocycles. The highest BCUT2D eigenvalue weighted by atomic mass is 15.2. The number of likely N-dealkylation sites (tertiary alicyclic amines) is 1. The van der Waals surface area contributed by atoms with Gasteiger partial charge in [0.2, 0.25) is 0 Å². The summed E-state index contributed by atoms with van der Waals surface area (Å²) >= 11 is 0. The minimum atomic E-state index is 0.353. The lowest BCUT2D eigenvalue weighted by Gasteiger charge is -2.25. The molecule has 118 valence electrons. The quantitative estimate of drug-likeness (QED) is 0.941. The van der Waals surface area contributed by atoms with Crippen LogP contribution in [-0.2, 0) is 0 Å². The van der Waals surface area contributed by atoms with Crippen molar-refractivity contribution in [3.8, 4) is 6.07 Å². The van der Waals surface area contributed by atoms with Crippen LogP contribution in [0, 0.1) is 24.2 Å². The number of rotatable bonds is 4. The molecular weight excluding hydrogens is 286 g/mol. The van der Waals surface area contributed by atoms with E-state index in [0.717, 1.165) is 25.2 Å². The molecule has 0 aromatic carbocycles.